The van der Waals surface area contributed by atoms with Crippen molar-refractivity contribution in [2.24, 2.45) is 0 Å². The summed E-state index contributed by atoms with van der Waals surface area (Å²) >= 11 is 0. The van der Waals surface area contributed by atoms with Crippen LogP contribution in [0.2, 0.25) is 0 Å². The van der Waals surface area contributed by atoms with Crippen LogP contribution in [0.1, 0.15) is 18.4 Å². The smallest absolute Gasteiger partial charge is 0.243 e. The van der Waals surface area contributed by atoms with E-state index in [0.717, 1.165) is 31.5 Å². The molecule has 8 heteroatoms. The minimum atomic E-state index is -3.53. The van der Waals surface area contributed by atoms with Gasteiger partial charge in [-0.25, -0.2) is 8.42 Å². The fourth-order valence-corrected chi connectivity index (χ4v) is 5.20. The maximum atomic E-state index is 13.0. The van der Waals surface area contributed by atoms with Crippen LogP contribution in [-0.4, -0.2) is 81.3 Å². The summed E-state index contributed by atoms with van der Waals surface area (Å²) in [7, 11) is 0.434. The van der Waals surface area contributed by atoms with Gasteiger partial charge in [-0.3, -0.25) is 4.79 Å². The topological polar surface area (TPSA) is 73.0 Å². The van der Waals surface area contributed by atoms with Gasteiger partial charge in [-0.05, 0) is 44.6 Å². The van der Waals surface area contributed by atoms with Gasteiger partial charge in [0.25, 0.3) is 0 Å². The number of carbonyl (C=O) groups is 1. The molecule has 7 nitrogen and oxygen atoms in total. The molecule has 1 amide bonds. The Kier molecular flexibility index (Phi) is 5.96. The van der Waals surface area contributed by atoms with Gasteiger partial charge in [0, 0.05) is 38.8 Å². The number of amides is 1. The molecule has 1 aromatic carbocycles. The first kappa shape index (κ1) is 19.3. The van der Waals surface area contributed by atoms with E-state index in [4.69, 9.17) is 0 Å². The van der Waals surface area contributed by atoms with E-state index in [1.165, 1.54) is 4.31 Å². The Balaban J connectivity index is 1.73. The number of piperazine rings is 1. The van der Waals surface area contributed by atoms with Gasteiger partial charge in [-0.15, -0.1) is 0 Å². The molecular formula is C18H28N4O3S. The number of piperidine rings is 1. The average Bonchev–Trinajstić information content (AvgIpc) is 2.62. The second-order valence-electron chi connectivity index (χ2n) is 7.30. The average molecular weight is 381 g/mol. The summed E-state index contributed by atoms with van der Waals surface area (Å²) in [6.07, 6.45) is 1.64. The van der Waals surface area contributed by atoms with Crippen LogP contribution in [0, 0.1) is 0 Å². The lowest BCUT2D eigenvalue weighted by Gasteiger charge is -2.40. The summed E-state index contributed by atoms with van der Waals surface area (Å²) in [5.41, 5.74) is 1.08. The Labute approximate surface area is 156 Å². The van der Waals surface area contributed by atoms with Crippen molar-refractivity contribution >= 4 is 15.9 Å². The molecule has 0 bridgehead atoms. The molecule has 0 saturated carbocycles. The Morgan fingerprint density at radius 1 is 1.19 bits per heavy atom. The lowest BCUT2D eigenvalue weighted by Crippen LogP contribution is -2.57. The van der Waals surface area contributed by atoms with E-state index in [0.29, 0.717) is 31.1 Å². The quantitative estimate of drug-likeness (QED) is 0.797. The van der Waals surface area contributed by atoms with E-state index in [1.54, 1.807) is 12.1 Å². The molecule has 2 aliphatic rings. The molecule has 0 aliphatic carbocycles. The number of hydrogen-bond acceptors (Lipinski definition) is 5. The van der Waals surface area contributed by atoms with Crippen molar-refractivity contribution in [2.45, 2.75) is 30.3 Å². The molecule has 2 aliphatic heterocycles. The van der Waals surface area contributed by atoms with E-state index in [9.17, 15) is 13.2 Å². The first-order chi connectivity index (χ1) is 12.4. The molecule has 3 rings (SSSR count). The third kappa shape index (κ3) is 4.25. The van der Waals surface area contributed by atoms with Gasteiger partial charge in [-0.2, -0.15) is 4.31 Å². The highest BCUT2D eigenvalue weighted by Crippen LogP contribution is 2.24. The number of nitrogens with one attached hydrogen (secondary N) is 1. The van der Waals surface area contributed by atoms with Gasteiger partial charge in [0.15, 0.2) is 0 Å². The molecule has 1 aromatic rings. The minimum absolute atomic E-state index is 0.0267. The summed E-state index contributed by atoms with van der Waals surface area (Å²) in [5, 5.41) is 3.06. The molecule has 1 N–H and O–H groups in total. The van der Waals surface area contributed by atoms with Crippen LogP contribution >= 0.6 is 0 Å². The molecule has 0 aromatic heterocycles. The van der Waals surface area contributed by atoms with Crippen LogP contribution in [0.3, 0.4) is 0 Å². The molecule has 0 spiro atoms. The third-order valence-corrected chi connectivity index (χ3v) is 6.87. The Morgan fingerprint density at radius 3 is 2.58 bits per heavy atom. The van der Waals surface area contributed by atoms with Gasteiger partial charge >= 0.3 is 0 Å². The predicted octanol–water partition coefficient (Wildman–Crippen LogP) is 0.333. The standard InChI is InChI=1S/C18H28N4O3S/c1-20(2)13-15-5-7-17(8-6-15)26(24,25)21-10-3-4-16(14-21)22-11-9-19-12-18(22)23/h5-8,16,19H,3-4,9-14H2,1-2H3. The summed E-state index contributed by atoms with van der Waals surface area (Å²) in [6.45, 7) is 3.43. The van der Waals surface area contributed by atoms with Gasteiger partial charge in [0.2, 0.25) is 15.9 Å². The van der Waals surface area contributed by atoms with Crippen LogP contribution < -0.4 is 5.32 Å². The van der Waals surface area contributed by atoms with Gasteiger partial charge in [-0.1, -0.05) is 12.1 Å². The fraction of sp³-hybridized carbons (Fsp3) is 0.611. The Morgan fingerprint density at radius 2 is 1.92 bits per heavy atom. The fourth-order valence-electron chi connectivity index (χ4n) is 3.68. The molecule has 0 radical (unpaired) electrons. The SMILES string of the molecule is CN(C)Cc1ccc(S(=O)(=O)N2CCCC(N3CCNCC3=O)C2)cc1. The third-order valence-electron chi connectivity index (χ3n) is 4.99. The van der Waals surface area contributed by atoms with Crippen LogP contribution in [0.4, 0.5) is 0 Å². The maximum absolute atomic E-state index is 13.0. The first-order valence-corrected chi connectivity index (χ1v) is 10.6. The molecule has 2 saturated heterocycles. The Bertz CT molecular complexity index is 733. The van der Waals surface area contributed by atoms with Gasteiger partial charge < -0.3 is 15.1 Å². The number of rotatable bonds is 5. The minimum Gasteiger partial charge on any atom is -0.336 e. The van der Waals surface area contributed by atoms with Crippen molar-refractivity contribution in [1.82, 2.24) is 19.4 Å². The highest BCUT2D eigenvalue weighted by molar-refractivity contribution is 7.89. The largest absolute Gasteiger partial charge is 0.336 e. The maximum Gasteiger partial charge on any atom is 0.243 e. The van der Waals surface area contributed by atoms with Crippen LogP contribution in [0.5, 0.6) is 0 Å². The van der Waals surface area contributed by atoms with Crippen LogP contribution in [-0.2, 0) is 21.4 Å². The molecule has 1 atom stereocenters. The van der Waals surface area contributed by atoms with E-state index in [-0.39, 0.29) is 11.9 Å². The van der Waals surface area contributed by atoms with Crippen molar-refractivity contribution in [2.75, 3.05) is 46.8 Å². The van der Waals surface area contributed by atoms with Crippen molar-refractivity contribution in [1.29, 1.82) is 0 Å². The zero-order valence-electron chi connectivity index (χ0n) is 15.5. The Hall–Kier alpha value is -1.48. The number of nitrogens with zero attached hydrogens (tertiary/aromatic N) is 3. The van der Waals surface area contributed by atoms with Crippen molar-refractivity contribution < 1.29 is 13.2 Å². The second kappa shape index (κ2) is 8.04. The first-order valence-electron chi connectivity index (χ1n) is 9.12. The molecule has 1 unspecified atom stereocenters. The second-order valence-corrected chi connectivity index (χ2v) is 9.24. The number of hydrogen-bond donors (Lipinski definition) is 1. The van der Waals surface area contributed by atoms with Gasteiger partial charge in [0.05, 0.1) is 11.4 Å². The van der Waals surface area contributed by atoms with Crippen molar-refractivity contribution in [3.8, 4) is 0 Å². The lowest BCUT2D eigenvalue weighted by atomic mass is 10.1. The van der Waals surface area contributed by atoms with E-state index in [1.807, 2.05) is 36.0 Å². The van der Waals surface area contributed by atoms with E-state index in [2.05, 4.69) is 5.32 Å². The monoisotopic (exact) mass is 380 g/mol. The van der Waals surface area contributed by atoms with Gasteiger partial charge in [0.1, 0.15) is 0 Å². The molecule has 144 valence electrons. The summed E-state index contributed by atoms with van der Waals surface area (Å²) in [6, 6.07) is 7.09. The zero-order valence-corrected chi connectivity index (χ0v) is 16.3. The lowest BCUT2D eigenvalue weighted by molar-refractivity contribution is -0.135. The van der Waals surface area contributed by atoms with E-state index >= 15 is 0 Å². The highest BCUT2D eigenvalue weighted by Gasteiger charge is 2.35. The normalized spacial score (nSPS) is 22.8. The summed E-state index contributed by atoms with van der Waals surface area (Å²) in [5.74, 6) is 0.0635. The number of sulfonamides is 1. The van der Waals surface area contributed by atoms with Crippen LogP contribution in [0.25, 0.3) is 0 Å². The molecule has 2 fully saturated rings. The van der Waals surface area contributed by atoms with E-state index < -0.39 is 10.0 Å². The summed E-state index contributed by atoms with van der Waals surface area (Å²) < 4.78 is 27.6. The zero-order chi connectivity index (χ0) is 18.7. The molecular weight excluding hydrogens is 352 g/mol. The highest BCUT2D eigenvalue weighted by atomic mass is 32.2. The van der Waals surface area contributed by atoms with Crippen molar-refractivity contribution in [3.63, 3.8) is 0 Å². The number of benzene rings is 1. The molecule has 2 heterocycles. The van der Waals surface area contributed by atoms with Crippen LogP contribution in [0.15, 0.2) is 29.2 Å². The van der Waals surface area contributed by atoms with Crippen molar-refractivity contribution in [3.05, 3.63) is 29.8 Å². The number of carbonyl (C=O) groups excluding carboxylic acids is 1. The predicted molar refractivity (Wildman–Crippen MR) is 100 cm³/mol. The summed E-state index contributed by atoms with van der Waals surface area (Å²) in [4.78, 5) is 16.4. The molecule has 26 heavy (non-hydrogen) atoms.